The van der Waals surface area contributed by atoms with Crippen LogP contribution in [0, 0.1) is 18.3 Å². The molecule has 3 atom stereocenters. The number of nitrogens with one attached hydrogen (secondary N) is 1. The van der Waals surface area contributed by atoms with Crippen LogP contribution in [0.15, 0.2) is 0 Å². The Bertz CT molecular complexity index is 242. The molecule has 0 aromatic heterocycles. The molecule has 1 rings (SSSR count). The van der Waals surface area contributed by atoms with Crippen LogP contribution in [-0.2, 0) is 4.74 Å². The summed E-state index contributed by atoms with van der Waals surface area (Å²) in [4.78, 5) is 0. The van der Waals surface area contributed by atoms with Crippen LogP contribution in [0.3, 0.4) is 0 Å². The van der Waals surface area contributed by atoms with E-state index in [1.807, 2.05) is 0 Å². The highest BCUT2D eigenvalue weighted by molar-refractivity contribution is 5.12. The normalized spacial score (nSPS) is 32.0. The SMILES string of the molecule is C#CC(NCC)C1(OCC)CCCC(C)C1. The lowest BCUT2D eigenvalue weighted by molar-refractivity contribution is -0.0881. The molecule has 0 saturated heterocycles. The van der Waals surface area contributed by atoms with E-state index >= 15 is 0 Å². The largest absolute Gasteiger partial charge is 0.373 e. The number of terminal acetylenes is 1. The van der Waals surface area contributed by atoms with E-state index in [1.165, 1.54) is 12.8 Å². The van der Waals surface area contributed by atoms with Crippen molar-refractivity contribution in [3.8, 4) is 12.3 Å². The molecule has 2 nitrogen and oxygen atoms in total. The summed E-state index contributed by atoms with van der Waals surface area (Å²) >= 11 is 0. The average molecular weight is 223 g/mol. The molecular formula is C14H25NO. The van der Waals surface area contributed by atoms with Gasteiger partial charge in [0.05, 0.1) is 11.6 Å². The first-order chi connectivity index (χ1) is 7.68. The van der Waals surface area contributed by atoms with Gasteiger partial charge in [-0.1, -0.05) is 32.6 Å². The van der Waals surface area contributed by atoms with Gasteiger partial charge in [0.25, 0.3) is 0 Å². The maximum Gasteiger partial charge on any atom is 0.0981 e. The van der Waals surface area contributed by atoms with Crippen LogP contribution in [-0.4, -0.2) is 24.8 Å². The quantitative estimate of drug-likeness (QED) is 0.723. The minimum absolute atomic E-state index is 0.0557. The van der Waals surface area contributed by atoms with Crippen molar-refractivity contribution in [3.63, 3.8) is 0 Å². The Kier molecular flexibility index (Phi) is 5.31. The van der Waals surface area contributed by atoms with Gasteiger partial charge in [-0.15, -0.1) is 6.42 Å². The van der Waals surface area contributed by atoms with E-state index in [2.05, 4.69) is 32.0 Å². The summed E-state index contributed by atoms with van der Waals surface area (Å²) in [5, 5.41) is 3.39. The van der Waals surface area contributed by atoms with Gasteiger partial charge in [-0.25, -0.2) is 0 Å². The molecule has 0 aliphatic heterocycles. The van der Waals surface area contributed by atoms with Gasteiger partial charge in [0, 0.05) is 6.61 Å². The van der Waals surface area contributed by atoms with Crippen LogP contribution < -0.4 is 5.32 Å². The smallest absolute Gasteiger partial charge is 0.0981 e. The van der Waals surface area contributed by atoms with Crippen molar-refractivity contribution in [2.24, 2.45) is 5.92 Å². The lowest BCUT2D eigenvalue weighted by atomic mass is 9.74. The molecule has 2 heteroatoms. The highest BCUT2D eigenvalue weighted by Crippen LogP contribution is 2.37. The van der Waals surface area contributed by atoms with Crippen molar-refractivity contribution < 1.29 is 4.74 Å². The van der Waals surface area contributed by atoms with Crippen molar-refractivity contribution in [2.45, 2.75) is 58.1 Å². The number of likely N-dealkylation sites (N-methyl/N-ethyl adjacent to an activating group) is 1. The molecular weight excluding hydrogens is 198 g/mol. The van der Waals surface area contributed by atoms with E-state index in [0.717, 1.165) is 31.9 Å². The van der Waals surface area contributed by atoms with Gasteiger partial charge in [-0.05, 0) is 32.2 Å². The van der Waals surface area contributed by atoms with Gasteiger partial charge in [-0.2, -0.15) is 0 Å². The summed E-state index contributed by atoms with van der Waals surface area (Å²) in [7, 11) is 0. The van der Waals surface area contributed by atoms with Crippen molar-refractivity contribution >= 4 is 0 Å². The summed E-state index contributed by atoms with van der Waals surface area (Å²) in [6.45, 7) is 8.09. The van der Waals surface area contributed by atoms with E-state index in [0.29, 0.717) is 0 Å². The predicted octanol–water partition coefficient (Wildman–Crippen LogP) is 2.58. The fourth-order valence-electron chi connectivity index (χ4n) is 2.91. The molecule has 0 spiro atoms. The molecule has 92 valence electrons. The number of rotatable bonds is 5. The van der Waals surface area contributed by atoms with Gasteiger partial charge < -0.3 is 10.1 Å². The monoisotopic (exact) mass is 223 g/mol. The van der Waals surface area contributed by atoms with Gasteiger partial charge in [0.2, 0.25) is 0 Å². The highest BCUT2D eigenvalue weighted by atomic mass is 16.5. The Morgan fingerprint density at radius 2 is 2.31 bits per heavy atom. The zero-order chi connectivity index (χ0) is 12.0. The molecule has 0 radical (unpaired) electrons. The molecule has 1 saturated carbocycles. The Labute approximate surface area is 100 Å². The van der Waals surface area contributed by atoms with Crippen LogP contribution in [0.4, 0.5) is 0 Å². The fourth-order valence-corrected chi connectivity index (χ4v) is 2.91. The molecule has 0 bridgehead atoms. The van der Waals surface area contributed by atoms with E-state index in [4.69, 9.17) is 11.2 Å². The third kappa shape index (κ3) is 2.99. The number of hydrogen-bond acceptors (Lipinski definition) is 2. The zero-order valence-corrected chi connectivity index (χ0v) is 10.9. The topological polar surface area (TPSA) is 21.3 Å². The molecule has 3 unspecified atom stereocenters. The number of ether oxygens (including phenoxy) is 1. The predicted molar refractivity (Wildman–Crippen MR) is 68.3 cm³/mol. The van der Waals surface area contributed by atoms with E-state index in [1.54, 1.807) is 0 Å². The first kappa shape index (κ1) is 13.5. The summed E-state index contributed by atoms with van der Waals surface area (Å²) in [5.74, 6) is 3.60. The van der Waals surface area contributed by atoms with Crippen molar-refractivity contribution in [2.75, 3.05) is 13.2 Å². The standard InChI is InChI=1S/C14H25NO/c1-5-13(15-6-2)14(16-7-3)10-8-9-12(4)11-14/h1,12-13,15H,6-11H2,2-4H3. The molecule has 0 aromatic carbocycles. The molecule has 1 aliphatic carbocycles. The van der Waals surface area contributed by atoms with Gasteiger partial charge in [0.1, 0.15) is 0 Å². The zero-order valence-electron chi connectivity index (χ0n) is 10.9. The third-order valence-corrected chi connectivity index (χ3v) is 3.52. The second kappa shape index (κ2) is 6.27. The maximum absolute atomic E-state index is 6.04. The maximum atomic E-state index is 6.04. The molecule has 0 aromatic rings. The van der Waals surface area contributed by atoms with Crippen molar-refractivity contribution in [1.82, 2.24) is 5.32 Å². The molecule has 1 fully saturated rings. The minimum Gasteiger partial charge on any atom is -0.373 e. The Morgan fingerprint density at radius 1 is 1.56 bits per heavy atom. The average Bonchev–Trinajstić information content (AvgIpc) is 2.26. The lowest BCUT2D eigenvalue weighted by Crippen LogP contribution is -2.54. The minimum atomic E-state index is -0.128. The summed E-state index contributed by atoms with van der Waals surface area (Å²) < 4.78 is 6.04. The summed E-state index contributed by atoms with van der Waals surface area (Å²) in [6, 6.07) is 0.0557. The van der Waals surface area contributed by atoms with Crippen LogP contribution in [0.25, 0.3) is 0 Å². The second-order valence-corrected chi connectivity index (χ2v) is 4.86. The van der Waals surface area contributed by atoms with Gasteiger partial charge >= 0.3 is 0 Å². The summed E-state index contributed by atoms with van der Waals surface area (Å²) in [6.07, 6.45) is 10.4. The second-order valence-electron chi connectivity index (χ2n) is 4.86. The van der Waals surface area contributed by atoms with Crippen LogP contribution in [0.2, 0.25) is 0 Å². The molecule has 1 aliphatic rings. The lowest BCUT2D eigenvalue weighted by Gasteiger charge is -2.43. The van der Waals surface area contributed by atoms with Gasteiger partial charge in [-0.3, -0.25) is 0 Å². The highest BCUT2D eigenvalue weighted by Gasteiger charge is 2.41. The van der Waals surface area contributed by atoms with E-state index in [-0.39, 0.29) is 11.6 Å². The van der Waals surface area contributed by atoms with Gasteiger partial charge in [0.15, 0.2) is 0 Å². The fraction of sp³-hybridized carbons (Fsp3) is 0.857. The molecule has 0 heterocycles. The van der Waals surface area contributed by atoms with Crippen LogP contribution in [0.5, 0.6) is 0 Å². The third-order valence-electron chi connectivity index (χ3n) is 3.52. The van der Waals surface area contributed by atoms with Crippen molar-refractivity contribution in [3.05, 3.63) is 0 Å². The first-order valence-electron chi connectivity index (χ1n) is 6.52. The van der Waals surface area contributed by atoms with Crippen LogP contribution >= 0.6 is 0 Å². The molecule has 1 N–H and O–H groups in total. The van der Waals surface area contributed by atoms with Crippen LogP contribution in [0.1, 0.15) is 46.5 Å². The summed E-state index contributed by atoms with van der Waals surface area (Å²) in [5.41, 5.74) is -0.128. The van der Waals surface area contributed by atoms with E-state index < -0.39 is 0 Å². The Hall–Kier alpha value is -0.520. The van der Waals surface area contributed by atoms with Crippen molar-refractivity contribution in [1.29, 1.82) is 0 Å². The Balaban J connectivity index is 2.81. The first-order valence-corrected chi connectivity index (χ1v) is 6.52. The Morgan fingerprint density at radius 3 is 2.81 bits per heavy atom. The number of hydrogen-bond donors (Lipinski definition) is 1. The molecule has 0 amide bonds. The van der Waals surface area contributed by atoms with E-state index in [9.17, 15) is 0 Å². The molecule has 16 heavy (non-hydrogen) atoms.